The summed E-state index contributed by atoms with van der Waals surface area (Å²) in [5.74, 6) is 0. The molecule has 0 N–H and O–H groups in total. The van der Waals surface area contributed by atoms with E-state index in [2.05, 4.69) is 38.1 Å². The molecule has 2 aromatic carbocycles. The van der Waals surface area contributed by atoms with Crippen LogP contribution in [0.5, 0.6) is 0 Å². The Bertz CT molecular complexity index is 445. The molecular weight excluding hydrogens is 702 g/mol. The first-order valence-corrected chi connectivity index (χ1v) is 4.73. The van der Waals surface area contributed by atoms with Crippen molar-refractivity contribution >= 4 is 0 Å². The summed E-state index contributed by atoms with van der Waals surface area (Å²) in [6.45, 7) is 4.20. The molecule has 0 fully saturated rings. The molecular formula is C14H12Y6-2. The largest absolute Gasteiger partial charge is 0.226 e. The Hall–Kier alpha value is 5.06. The van der Waals surface area contributed by atoms with Crippen LogP contribution in [0.25, 0.3) is 11.1 Å². The van der Waals surface area contributed by atoms with Gasteiger partial charge in [-0.25, -0.2) is 11.1 Å². The standard InChI is InChI=1S/C14H12.6Y/c1-11-8-9-14(12(2)10-11)13-6-4-3-5-7-13;;;;;;/h3-6,8,10H,1-2H3;;;;;;/q-2;;;;;;. The zero-order chi connectivity index (χ0) is 9.97. The summed E-state index contributed by atoms with van der Waals surface area (Å²) in [6.07, 6.45) is 0. The van der Waals surface area contributed by atoms with Crippen LogP contribution in [0.1, 0.15) is 11.1 Å². The third kappa shape index (κ3) is 12.4. The first kappa shape index (κ1) is 36.1. The van der Waals surface area contributed by atoms with Gasteiger partial charge in [0.15, 0.2) is 0 Å². The van der Waals surface area contributed by atoms with Crippen LogP contribution in [0.2, 0.25) is 0 Å². The predicted octanol–water partition coefficient (Wildman–Crippen LogP) is 3.56. The van der Waals surface area contributed by atoms with Crippen molar-refractivity contribution in [1.29, 1.82) is 0 Å². The third-order valence-electron chi connectivity index (χ3n) is 2.26. The van der Waals surface area contributed by atoms with E-state index in [1.165, 1.54) is 11.1 Å². The van der Waals surface area contributed by atoms with Gasteiger partial charge in [-0.1, -0.05) is 13.8 Å². The van der Waals surface area contributed by atoms with Gasteiger partial charge in [0, 0.05) is 196 Å². The smallest absolute Gasteiger partial charge is 0 e. The first-order chi connectivity index (χ1) is 6.77. The van der Waals surface area contributed by atoms with E-state index in [0.717, 1.165) is 11.1 Å². The second kappa shape index (κ2) is 20.4. The van der Waals surface area contributed by atoms with Crippen LogP contribution in [0.4, 0.5) is 0 Å². The molecule has 6 radical (unpaired) electrons. The Morgan fingerprint density at radius 3 is 1.85 bits per heavy atom. The normalized spacial score (nSPS) is 7.10. The van der Waals surface area contributed by atoms with E-state index in [0.29, 0.717) is 0 Å². The zero-order valence-electron chi connectivity index (χ0n) is 11.9. The van der Waals surface area contributed by atoms with Crippen molar-refractivity contribution < 1.29 is 196 Å². The predicted molar refractivity (Wildman–Crippen MR) is 59.0 cm³/mol. The van der Waals surface area contributed by atoms with Gasteiger partial charge in [0.1, 0.15) is 0 Å². The molecule has 0 amide bonds. The molecule has 0 saturated carbocycles. The maximum atomic E-state index is 3.29. The minimum Gasteiger partial charge on any atom is -0.226 e. The summed E-state index contributed by atoms with van der Waals surface area (Å²) < 4.78 is 0. The minimum absolute atomic E-state index is 0. The molecule has 6 heteroatoms. The monoisotopic (exact) mass is 714 g/mol. The second-order valence-corrected chi connectivity index (χ2v) is 3.51. The first-order valence-electron chi connectivity index (χ1n) is 4.73. The van der Waals surface area contributed by atoms with Gasteiger partial charge in [-0.3, -0.25) is 0 Å². The molecule has 0 unspecified atom stereocenters. The van der Waals surface area contributed by atoms with Gasteiger partial charge >= 0.3 is 0 Å². The Balaban J connectivity index is -0.000000125. The van der Waals surface area contributed by atoms with Crippen molar-refractivity contribution in [3.8, 4) is 11.1 Å². The number of hydrogen-bond acceptors (Lipinski definition) is 0. The Kier molecular flexibility index (Phi) is 36.7. The number of benzene rings is 2. The summed E-state index contributed by atoms with van der Waals surface area (Å²) in [7, 11) is 0. The van der Waals surface area contributed by atoms with E-state index >= 15 is 0 Å². The molecule has 0 spiro atoms. The fraction of sp³-hybridized carbons (Fsp3) is 0.143. The molecule has 0 saturated heterocycles. The van der Waals surface area contributed by atoms with Crippen molar-refractivity contribution in [2.75, 3.05) is 0 Å². The topological polar surface area (TPSA) is 0 Å². The van der Waals surface area contributed by atoms with Crippen molar-refractivity contribution in [3.05, 3.63) is 59.7 Å². The summed E-state index contributed by atoms with van der Waals surface area (Å²) in [6, 6.07) is 18.7. The number of hydrogen-bond donors (Lipinski definition) is 0. The molecule has 0 bridgehead atoms. The van der Waals surface area contributed by atoms with Crippen LogP contribution < -0.4 is 0 Å². The molecule has 20 heavy (non-hydrogen) atoms. The quantitative estimate of drug-likeness (QED) is 0.397. The molecule has 0 heterocycles. The molecule has 88 valence electrons. The van der Waals surface area contributed by atoms with Crippen molar-refractivity contribution in [1.82, 2.24) is 0 Å². The summed E-state index contributed by atoms with van der Waals surface area (Å²) in [5.41, 5.74) is 4.77. The molecule has 0 aliphatic rings. The van der Waals surface area contributed by atoms with Gasteiger partial charge in [-0.05, 0) is 0 Å². The summed E-state index contributed by atoms with van der Waals surface area (Å²) in [5, 5.41) is 0. The van der Waals surface area contributed by atoms with Gasteiger partial charge < -0.3 is 0 Å². The molecule has 2 aromatic rings. The van der Waals surface area contributed by atoms with Gasteiger partial charge in [0.2, 0.25) is 0 Å². The van der Waals surface area contributed by atoms with E-state index in [4.69, 9.17) is 0 Å². The summed E-state index contributed by atoms with van der Waals surface area (Å²) >= 11 is 0. The van der Waals surface area contributed by atoms with Crippen LogP contribution in [-0.4, -0.2) is 0 Å². The fourth-order valence-corrected chi connectivity index (χ4v) is 1.59. The third-order valence-corrected chi connectivity index (χ3v) is 2.26. The van der Waals surface area contributed by atoms with Crippen LogP contribution in [0, 0.1) is 26.0 Å². The Labute approximate surface area is 274 Å². The maximum absolute atomic E-state index is 3.29. The van der Waals surface area contributed by atoms with Gasteiger partial charge in [-0.2, -0.15) is 42.0 Å². The van der Waals surface area contributed by atoms with Crippen molar-refractivity contribution in [3.63, 3.8) is 0 Å². The average molecular weight is 714 g/mol. The van der Waals surface area contributed by atoms with Crippen LogP contribution >= 0.6 is 0 Å². The SMILES string of the molecule is Cc1c[c-]c(-c2[c-]cccc2)c(C)c1.[Y].[Y].[Y].[Y].[Y].[Y]. The van der Waals surface area contributed by atoms with E-state index in [9.17, 15) is 0 Å². The van der Waals surface area contributed by atoms with E-state index < -0.39 is 0 Å². The minimum atomic E-state index is 0. The van der Waals surface area contributed by atoms with Gasteiger partial charge in [-0.15, -0.1) is 17.7 Å². The molecule has 0 nitrogen and oxygen atoms in total. The van der Waals surface area contributed by atoms with Crippen LogP contribution in [0.3, 0.4) is 0 Å². The average Bonchev–Trinajstić information content (AvgIpc) is 2.19. The number of aryl methyl sites for hydroxylation is 2. The molecule has 0 atom stereocenters. The van der Waals surface area contributed by atoms with Gasteiger partial charge in [0.05, 0.1) is 0 Å². The number of rotatable bonds is 1. The van der Waals surface area contributed by atoms with Crippen LogP contribution in [0.15, 0.2) is 36.4 Å². The second-order valence-electron chi connectivity index (χ2n) is 3.51. The fourth-order valence-electron chi connectivity index (χ4n) is 1.59. The molecule has 0 aliphatic heterocycles. The maximum Gasteiger partial charge on any atom is 0 e. The summed E-state index contributed by atoms with van der Waals surface area (Å²) in [4.78, 5) is 0. The zero-order valence-corrected chi connectivity index (χ0v) is 29.0. The van der Waals surface area contributed by atoms with E-state index in [1.54, 1.807) is 0 Å². The van der Waals surface area contributed by atoms with E-state index in [1.807, 2.05) is 24.3 Å². The Morgan fingerprint density at radius 2 is 1.40 bits per heavy atom. The molecule has 2 rings (SSSR count). The molecule has 0 aliphatic carbocycles. The van der Waals surface area contributed by atoms with Crippen LogP contribution in [-0.2, 0) is 196 Å². The van der Waals surface area contributed by atoms with Crippen molar-refractivity contribution in [2.45, 2.75) is 13.8 Å². The Morgan fingerprint density at radius 1 is 0.800 bits per heavy atom. The van der Waals surface area contributed by atoms with E-state index in [-0.39, 0.29) is 196 Å². The van der Waals surface area contributed by atoms with Crippen molar-refractivity contribution in [2.24, 2.45) is 0 Å². The molecule has 0 aromatic heterocycles. The van der Waals surface area contributed by atoms with Gasteiger partial charge in [0.25, 0.3) is 0 Å².